The Labute approximate surface area is 189 Å². The molecule has 6 nitrogen and oxygen atoms in total. The Morgan fingerprint density at radius 3 is 2.19 bits per heavy atom. The fourth-order valence-electron chi connectivity index (χ4n) is 4.33. The molecule has 0 saturated carbocycles. The number of benzene rings is 2. The van der Waals surface area contributed by atoms with Crippen molar-refractivity contribution >= 4 is 11.7 Å². The first-order chi connectivity index (χ1) is 15.5. The molecule has 6 heteroatoms. The number of carbonyl (C=O) groups excluding carboxylic acids is 2. The summed E-state index contributed by atoms with van der Waals surface area (Å²) in [5.74, 6) is 0.872. The molecule has 1 aromatic heterocycles. The third-order valence-electron chi connectivity index (χ3n) is 6.11. The van der Waals surface area contributed by atoms with Crippen LogP contribution in [0.4, 0.5) is 0 Å². The van der Waals surface area contributed by atoms with Crippen LogP contribution in [0, 0.1) is 13.8 Å². The highest BCUT2D eigenvalue weighted by atomic mass is 16.5. The molecule has 0 N–H and O–H groups in total. The Morgan fingerprint density at radius 1 is 0.906 bits per heavy atom. The van der Waals surface area contributed by atoms with E-state index in [0.29, 0.717) is 38.3 Å². The van der Waals surface area contributed by atoms with Gasteiger partial charge in [0.2, 0.25) is 0 Å². The number of amides is 1. The summed E-state index contributed by atoms with van der Waals surface area (Å²) in [6, 6.07) is 19.3. The van der Waals surface area contributed by atoms with E-state index in [1.807, 2.05) is 55.1 Å². The molecule has 2 heterocycles. The number of nitrogens with zero attached hydrogens (tertiary/aromatic N) is 3. The predicted molar refractivity (Wildman–Crippen MR) is 125 cm³/mol. The number of para-hydroxylation sites is 1. The van der Waals surface area contributed by atoms with Crippen LogP contribution in [0.3, 0.4) is 0 Å². The van der Waals surface area contributed by atoms with Crippen LogP contribution in [0.5, 0.6) is 5.75 Å². The lowest BCUT2D eigenvalue weighted by Gasteiger charge is -2.34. The Hall–Kier alpha value is -3.38. The van der Waals surface area contributed by atoms with Crippen LogP contribution in [-0.4, -0.2) is 65.9 Å². The van der Waals surface area contributed by atoms with Crippen LogP contribution in [0.15, 0.2) is 60.7 Å². The topological polar surface area (TPSA) is 54.8 Å². The quantitative estimate of drug-likeness (QED) is 0.558. The van der Waals surface area contributed by atoms with E-state index in [-0.39, 0.29) is 11.7 Å². The summed E-state index contributed by atoms with van der Waals surface area (Å²) in [5, 5.41) is 0. The highest BCUT2D eigenvalue weighted by Gasteiger charge is 2.25. The number of ether oxygens (including phenoxy) is 1. The molecule has 1 aliphatic rings. The summed E-state index contributed by atoms with van der Waals surface area (Å²) >= 11 is 0. The van der Waals surface area contributed by atoms with Crippen molar-refractivity contribution in [2.24, 2.45) is 0 Å². The normalized spacial score (nSPS) is 14.4. The minimum atomic E-state index is 0.0186. The summed E-state index contributed by atoms with van der Waals surface area (Å²) in [7, 11) is 1.61. The molecular formula is C26H29N3O3. The van der Waals surface area contributed by atoms with E-state index >= 15 is 0 Å². The van der Waals surface area contributed by atoms with Gasteiger partial charge in [-0.3, -0.25) is 14.5 Å². The lowest BCUT2D eigenvalue weighted by atomic mass is 10.1. The van der Waals surface area contributed by atoms with Gasteiger partial charge in [-0.05, 0) is 56.3 Å². The predicted octanol–water partition coefficient (Wildman–Crippen LogP) is 3.74. The molecule has 32 heavy (non-hydrogen) atoms. The fourth-order valence-corrected chi connectivity index (χ4v) is 4.33. The Morgan fingerprint density at radius 2 is 1.56 bits per heavy atom. The first-order valence-corrected chi connectivity index (χ1v) is 10.9. The van der Waals surface area contributed by atoms with Gasteiger partial charge >= 0.3 is 0 Å². The summed E-state index contributed by atoms with van der Waals surface area (Å²) < 4.78 is 7.28. The molecule has 1 aliphatic heterocycles. The van der Waals surface area contributed by atoms with Crippen LogP contribution in [-0.2, 0) is 0 Å². The molecule has 1 saturated heterocycles. The number of rotatable bonds is 6. The van der Waals surface area contributed by atoms with Gasteiger partial charge in [0.25, 0.3) is 5.91 Å². The molecule has 3 aromatic rings. The van der Waals surface area contributed by atoms with Gasteiger partial charge in [0.15, 0.2) is 5.78 Å². The number of Topliss-reactive ketones (excluding diaryl/α,β-unsaturated/α-hetero) is 1. The van der Waals surface area contributed by atoms with Crippen molar-refractivity contribution in [2.75, 3.05) is 39.8 Å². The van der Waals surface area contributed by atoms with Crippen molar-refractivity contribution in [3.63, 3.8) is 0 Å². The van der Waals surface area contributed by atoms with Crippen LogP contribution < -0.4 is 4.74 Å². The van der Waals surface area contributed by atoms with E-state index in [9.17, 15) is 9.59 Å². The molecule has 0 aliphatic carbocycles. The molecule has 2 aromatic carbocycles. The Kier molecular flexibility index (Phi) is 6.42. The molecule has 0 unspecified atom stereocenters. The van der Waals surface area contributed by atoms with Gasteiger partial charge < -0.3 is 14.2 Å². The van der Waals surface area contributed by atoms with E-state index in [4.69, 9.17) is 4.74 Å². The number of aryl methyl sites for hydroxylation is 1. The second kappa shape index (κ2) is 9.40. The molecule has 4 rings (SSSR count). The third kappa shape index (κ3) is 4.46. The lowest BCUT2D eigenvalue weighted by Crippen LogP contribution is -2.49. The monoisotopic (exact) mass is 431 g/mol. The average Bonchev–Trinajstić information content (AvgIpc) is 3.13. The van der Waals surface area contributed by atoms with Gasteiger partial charge in [0, 0.05) is 54.4 Å². The number of hydrogen-bond acceptors (Lipinski definition) is 4. The minimum Gasteiger partial charge on any atom is -0.497 e. The molecule has 166 valence electrons. The smallest absolute Gasteiger partial charge is 0.253 e. The maximum absolute atomic E-state index is 13.1. The van der Waals surface area contributed by atoms with Crippen molar-refractivity contribution in [1.82, 2.24) is 14.4 Å². The van der Waals surface area contributed by atoms with Gasteiger partial charge in [-0.2, -0.15) is 0 Å². The largest absolute Gasteiger partial charge is 0.497 e. The molecule has 0 bridgehead atoms. The summed E-state index contributed by atoms with van der Waals surface area (Å²) in [6.07, 6.45) is 0. The molecular weight excluding hydrogens is 402 g/mol. The van der Waals surface area contributed by atoms with Crippen molar-refractivity contribution in [3.05, 3.63) is 83.2 Å². The lowest BCUT2D eigenvalue weighted by molar-refractivity contribution is 0.0624. The SMILES string of the molecule is COc1ccc(C(=O)N2CCN(CC(=O)c3cc(C)n(-c4ccccc4)c3C)CC2)cc1. The van der Waals surface area contributed by atoms with Gasteiger partial charge in [-0.15, -0.1) is 0 Å². The number of piperazine rings is 1. The number of hydrogen-bond donors (Lipinski definition) is 0. The highest BCUT2D eigenvalue weighted by Crippen LogP contribution is 2.22. The second-order valence-electron chi connectivity index (χ2n) is 8.18. The Bertz CT molecular complexity index is 1100. The average molecular weight is 432 g/mol. The third-order valence-corrected chi connectivity index (χ3v) is 6.11. The number of carbonyl (C=O) groups is 2. The maximum atomic E-state index is 13.1. The van der Waals surface area contributed by atoms with Crippen LogP contribution in [0.2, 0.25) is 0 Å². The van der Waals surface area contributed by atoms with Crippen molar-refractivity contribution in [3.8, 4) is 11.4 Å². The van der Waals surface area contributed by atoms with E-state index in [1.165, 1.54) is 0 Å². The molecule has 0 atom stereocenters. The van der Waals surface area contributed by atoms with Crippen molar-refractivity contribution in [1.29, 1.82) is 0 Å². The number of ketones is 1. The van der Waals surface area contributed by atoms with Gasteiger partial charge in [0.1, 0.15) is 5.75 Å². The Balaban J connectivity index is 1.37. The minimum absolute atomic E-state index is 0.0186. The number of methoxy groups -OCH3 is 1. The zero-order valence-electron chi connectivity index (χ0n) is 18.9. The first-order valence-electron chi connectivity index (χ1n) is 10.9. The van der Waals surface area contributed by atoms with E-state index < -0.39 is 0 Å². The molecule has 1 amide bonds. The van der Waals surface area contributed by atoms with E-state index in [0.717, 1.165) is 28.4 Å². The summed E-state index contributed by atoms with van der Waals surface area (Å²) in [5.41, 5.74) is 4.50. The van der Waals surface area contributed by atoms with Crippen LogP contribution in [0.1, 0.15) is 32.1 Å². The maximum Gasteiger partial charge on any atom is 0.253 e. The molecule has 0 radical (unpaired) electrons. The van der Waals surface area contributed by atoms with Crippen molar-refractivity contribution < 1.29 is 14.3 Å². The van der Waals surface area contributed by atoms with Crippen LogP contribution >= 0.6 is 0 Å². The highest BCUT2D eigenvalue weighted by molar-refractivity contribution is 5.99. The van der Waals surface area contributed by atoms with Gasteiger partial charge in [0.05, 0.1) is 13.7 Å². The zero-order valence-corrected chi connectivity index (χ0v) is 18.9. The summed E-state index contributed by atoms with van der Waals surface area (Å²) in [6.45, 7) is 6.99. The molecule has 1 fully saturated rings. The zero-order chi connectivity index (χ0) is 22.7. The van der Waals surface area contributed by atoms with E-state index in [1.54, 1.807) is 31.4 Å². The van der Waals surface area contributed by atoms with E-state index in [2.05, 4.69) is 9.47 Å². The van der Waals surface area contributed by atoms with Gasteiger partial charge in [-0.25, -0.2) is 0 Å². The summed E-state index contributed by atoms with van der Waals surface area (Å²) in [4.78, 5) is 29.8. The second-order valence-corrected chi connectivity index (χ2v) is 8.18. The van der Waals surface area contributed by atoms with Crippen molar-refractivity contribution in [2.45, 2.75) is 13.8 Å². The number of aromatic nitrogens is 1. The van der Waals surface area contributed by atoms with Crippen LogP contribution in [0.25, 0.3) is 5.69 Å². The fraction of sp³-hybridized carbons (Fsp3) is 0.308. The molecule has 0 spiro atoms. The standard InChI is InChI=1S/C26H29N3O3/c1-19-17-24(20(2)29(19)22-7-5-4-6-8-22)25(30)18-27-13-15-28(16-14-27)26(31)21-9-11-23(32-3)12-10-21/h4-12,17H,13-16,18H2,1-3H3. The van der Waals surface area contributed by atoms with Gasteiger partial charge in [-0.1, -0.05) is 18.2 Å². The first kappa shape index (κ1) is 21.8.